The van der Waals surface area contributed by atoms with E-state index in [1.54, 1.807) is 11.3 Å². The van der Waals surface area contributed by atoms with E-state index >= 15 is 0 Å². The molecule has 0 aliphatic carbocycles. The highest BCUT2D eigenvalue weighted by molar-refractivity contribution is 7.09. The van der Waals surface area contributed by atoms with Crippen molar-refractivity contribution in [3.63, 3.8) is 0 Å². The molecule has 1 aliphatic heterocycles. The molecule has 1 atom stereocenters. The average Bonchev–Trinajstić information content (AvgIpc) is 3.27. The van der Waals surface area contributed by atoms with Crippen molar-refractivity contribution in [2.24, 2.45) is 0 Å². The van der Waals surface area contributed by atoms with Crippen LogP contribution in [0.15, 0.2) is 54.3 Å². The lowest BCUT2D eigenvalue weighted by atomic mass is 10.0. The number of benzene rings is 1. The van der Waals surface area contributed by atoms with E-state index in [4.69, 9.17) is 0 Å². The van der Waals surface area contributed by atoms with E-state index in [1.807, 2.05) is 17.9 Å². The van der Waals surface area contributed by atoms with Gasteiger partial charge in [-0.3, -0.25) is 9.88 Å². The number of hydrogen-bond acceptors (Lipinski definition) is 5. The van der Waals surface area contributed by atoms with Crippen LogP contribution >= 0.6 is 11.3 Å². The fraction of sp³-hybridized carbons (Fsp3) is 0.278. The minimum atomic E-state index is 0.547. The quantitative estimate of drug-likeness (QED) is 0.736. The van der Waals surface area contributed by atoms with Crippen molar-refractivity contribution < 1.29 is 0 Å². The summed E-state index contributed by atoms with van der Waals surface area (Å²) >= 11 is 1.67. The van der Waals surface area contributed by atoms with Crippen LogP contribution in [-0.4, -0.2) is 33.2 Å². The molecule has 0 saturated carbocycles. The Labute approximate surface area is 139 Å². The SMILES string of the molecule is c1cc(CN2CCC(c3nncs3)C2)cc(-c2ccncc2)c1. The molecule has 4 nitrogen and oxygen atoms in total. The summed E-state index contributed by atoms with van der Waals surface area (Å²) in [7, 11) is 0. The fourth-order valence-electron chi connectivity index (χ4n) is 3.19. The van der Waals surface area contributed by atoms with Gasteiger partial charge >= 0.3 is 0 Å². The molecule has 3 aromatic rings. The molecule has 0 spiro atoms. The summed E-state index contributed by atoms with van der Waals surface area (Å²) in [6, 6.07) is 12.9. The molecule has 0 bridgehead atoms. The first-order valence-electron chi connectivity index (χ1n) is 7.86. The summed E-state index contributed by atoms with van der Waals surface area (Å²) in [6.07, 6.45) is 4.86. The monoisotopic (exact) mass is 322 g/mol. The Hall–Kier alpha value is -2.11. The van der Waals surface area contributed by atoms with Crippen LogP contribution in [-0.2, 0) is 6.54 Å². The third-order valence-corrected chi connectivity index (χ3v) is 5.20. The highest BCUT2D eigenvalue weighted by Gasteiger charge is 2.25. The molecule has 23 heavy (non-hydrogen) atoms. The van der Waals surface area contributed by atoms with Crippen molar-refractivity contribution in [3.8, 4) is 11.1 Å². The smallest absolute Gasteiger partial charge is 0.121 e. The maximum Gasteiger partial charge on any atom is 0.121 e. The molecule has 0 radical (unpaired) electrons. The maximum atomic E-state index is 4.23. The molecule has 1 unspecified atom stereocenters. The molecule has 116 valence electrons. The highest BCUT2D eigenvalue weighted by Crippen LogP contribution is 2.29. The second kappa shape index (κ2) is 6.56. The van der Waals surface area contributed by atoms with Crippen LogP contribution in [0.3, 0.4) is 0 Å². The highest BCUT2D eigenvalue weighted by atomic mass is 32.1. The Kier molecular flexibility index (Phi) is 4.13. The van der Waals surface area contributed by atoms with E-state index in [9.17, 15) is 0 Å². The van der Waals surface area contributed by atoms with E-state index in [-0.39, 0.29) is 0 Å². The average molecular weight is 322 g/mol. The van der Waals surface area contributed by atoms with Crippen LogP contribution in [0.25, 0.3) is 11.1 Å². The van der Waals surface area contributed by atoms with Gasteiger partial charge in [-0.2, -0.15) is 0 Å². The summed E-state index contributed by atoms with van der Waals surface area (Å²) in [4.78, 5) is 6.60. The summed E-state index contributed by atoms with van der Waals surface area (Å²) in [5.41, 5.74) is 5.66. The summed E-state index contributed by atoms with van der Waals surface area (Å²) in [5, 5.41) is 9.37. The van der Waals surface area contributed by atoms with Gasteiger partial charge in [-0.25, -0.2) is 0 Å². The lowest BCUT2D eigenvalue weighted by molar-refractivity contribution is 0.327. The Bertz CT molecular complexity index is 758. The van der Waals surface area contributed by atoms with Gasteiger partial charge in [-0.05, 0) is 47.9 Å². The van der Waals surface area contributed by atoms with Crippen LogP contribution in [0.2, 0.25) is 0 Å². The van der Waals surface area contributed by atoms with Crippen LogP contribution < -0.4 is 0 Å². The second-order valence-corrected chi connectivity index (χ2v) is 6.80. The molecule has 1 aromatic carbocycles. The molecule has 0 N–H and O–H groups in total. The molecule has 1 saturated heterocycles. The van der Waals surface area contributed by atoms with Crippen LogP contribution in [0.5, 0.6) is 0 Å². The van der Waals surface area contributed by atoms with Gasteiger partial charge < -0.3 is 0 Å². The molecule has 1 aliphatic rings. The second-order valence-electron chi connectivity index (χ2n) is 5.93. The van der Waals surface area contributed by atoms with Gasteiger partial charge in [-0.15, -0.1) is 21.5 Å². The first-order chi connectivity index (χ1) is 11.4. The van der Waals surface area contributed by atoms with Crippen LogP contribution in [0, 0.1) is 0 Å². The normalized spacial score (nSPS) is 18.3. The zero-order valence-corrected chi connectivity index (χ0v) is 13.6. The molecule has 0 amide bonds. The van der Waals surface area contributed by atoms with Crippen LogP contribution in [0.4, 0.5) is 0 Å². The molecule has 2 aromatic heterocycles. The summed E-state index contributed by atoms with van der Waals surface area (Å²) < 4.78 is 0. The Morgan fingerprint density at radius 3 is 2.87 bits per heavy atom. The number of hydrogen-bond donors (Lipinski definition) is 0. The molecular formula is C18H18N4S. The topological polar surface area (TPSA) is 41.9 Å². The first kappa shape index (κ1) is 14.5. The maximum absolute atomic E-state index is 4.23. The molecular weight excluding hydrogens is 304 g/mol. The number of likely N-dealkylation sites (tertiary alicyclic amines) is 1. The van der Waals surface area contributed by atoms with Gasteiger partial charge in [0.05, 0.1) is 0 Å². The van der Waals surface area contributed by atoms with Crippen molar-refractivity contribution in [3.05, 3.63) is 64.9 Å². The Morgan fingerprint density at radius 1 is 1.13 bits per heavy atom. The van der Waals surface area contributed by atoms with E-state index in [1.165, 1.54) is 28.1 Å². The van der Waals surface area contributed by atoms with Crippen molar-refractivity contribution >= 4 is 11.3 Å². The van der Waals surface area contributed by atoms with E-state index in [0.29, 0.717) is 5.92 Å². The van der Waals surface area contributed by atoms with E-state index < -0.39 is 0 Å². The zero-order valence-electron chi connectivity index (χ0n) is 12.8. The van der Waals surface area contributed by atoms with Crippen molar-refractivity contribution in [1.82, 2.24) is 20.1 Å². The van der Waals surface area contributed by atoms with Crippen molar-refractivity contribution in [2.75, 3.05) is 13.1 Å². The van der Waals surface area contributed by atoms with Crippen molar-refractivity contribution in [1.29, 1.82) is 0 Å². The van der Waals surface area contributed by atoms with Crippen LogP contribution in [0.1, 0.15) is 22.9 Å². The Balaban J connectivity index is 1.46. The lowest BCUT2D eigenvalue weighted by Crippen LogP contribution is -2.19. The fourth-order valence-corrected chi connectivity index (χ4v) is 3.87. The molecule has 3 heterocycles. The molecule has 1 fully saturated rings. The predicted molar refractivity (Wildman–Crippen MR) is 92.2 cm³/mol. The van der Waals surface area contributed by atoms with Gasteiger partial charge in [-0.1, -0.05) is 18.2 Å². The molecule has 5 heteroatoms. The standard InChI is InChI=1S/C18H18N4S/c1-2-14(10-16(3-1)15-4-7-19-8-5-15)11-22-9-6-17(12-22)18-21-20-13-23-18/h1-5,7-8,10,13,17H,6,9,11-12H2. The van der Waals surface area contributed by atoms with Gasteiger partial charge in [0.2, 0.25) is 0 Å². The summed E-state index contributed by atoms with van der Waals surface area (Å²) in [6.45, 7) is 3.20. The molecule has 4 rings (SSSR count). The Morgan fingerprint density at radius 2 is 2.04 bits per heavy atom. The minimum Gasteiger partial charge on any atom is -0.298 e. The number of aromatic nitrogens is 3. The van der Waals surface area contributed by atoms with Gasteiger partial charge in [0.25, 0.3) is 0 Å². The number of nitrogens with zero attached hydrogens (tertiary/aromatic N) is 4. The number of rotatable bonds is 4. The summed E-state index contributed by atoms with van der Waals surface area (Å²) in [5.74, 6) is 0.547. The third kappa shape index (κ3) is 3.30. The third-order valence-electron chi connectivity index (χ3n) is 4.35. The van der Waals surface area contributed by atoms with Gasteiger partial charge in [0, 0.05) is 31.4 Å². The number of pyridine rings is 1. The van der Waals surface area contributed by atoms with Crippen molar-refractivity contribution in [2.45, 2.75) is 18.9 Å². The lowest BCUT2D eigenvalue weighted by Gasteiger charge is -2.16. The van der Waals surface area contributed by atoms with Gasteiger partial charge in [0.1, 0.15) is 10.5 Å². The zero-order chi connectivity index (χ0) is 15.5. The largest absolute Gasteiger partial charge is 0.298 e. The van der Waals surface area contributed by atoms with E-state index in [0.717, 1.165) is 19.6 Å². The van der Waals surface area contributed by atoms with E-state index in [2.05, 4.69) is 56.5 Å². The minimum absolute atomic E-state index is 0.547. The predicted octanol–water partition coefficient (Wildman–Crippen LogP) is 3.59. The first-order valence-corrected chi connectivity index (χ1v) is 8.74. The van der Waals surface area contributed by atoms with Gasteiger partial charge in [0.15, 0.2) is 0 Å².